The van der Waals surface area contributed by atoms with Gasteiger partial charge < -0.3 is 10.9 Å². The monoisotopic (exact) mass is 172 g/mol. The molecule has 1 unspecified atom stereocenters. The van der Waals surface area contributed by atoms with Gasteiger partial charge in [-0.05, 0) is 12.3 Å². The van der Waals surface area contributed by atoms with Crippen LogP contribution >= 0.6 is 0 Å². The van der Waals surface area contributed by atoms with E-state index in [1.54, 1.807) is 7.05 Å². The summed E-state index contributed by atoms with van der Waals surface area (Å²) >= 11 is 0. The van der Waals surface area contributed by atoms with Gasteiger partial charge in [0.1, 0.15) is 5.84 Å². The Balaban J connectivity index is 3.74. The summed E-state index contributed by atoms with van der Waals surface area (Å²) in [5, 5.41) is 5.09. The second kappa shape index (κ2) is 5.83. The summed E-state index contributed by atoms with van der Waals surface area (Å²) in [5.74, 6) is 12.1. The van der Waals surface area contributed by atoms with Gasteiger partial charge in [0.2, 0.25) is 0 Å². The zero-order chi connectivity index (χ0) is 9.56. The minimum atomic E-state index is 0.710. The minimum absolute atomic E-state index is 0.710. The quantitative estimate of drug-likeness (QED) is 0.286. The first-order chi connectivity index (χ1) is 5.61. The van der Waals surface area contributed by atoms with Crippen molar-refractivity contribution in [3.05, 3.63) is 0 Å². The first kappa shape index (κ1) is 11.2. The minimum Gasteiger partial charge on any atom is -0.322 e. The molecule has 0 aliphatic rings. The second-order valence-corrected chi connectivity index (χ2v) is 3.21. The normalized spacial score (nSPS) is 14.5. The van der Waals surface area contributed by atoms with E-state index in [1.165, 1.54) is 11.4 Å². The van der Waals surface area contributed by atoms with Crippen LogP contribution in [0.5, 0.6) is 0 Å². The highest BCUT2D eigenvalue weighted by atomic mass is 15.4. The lowest BCUT2D eigenvalue weighted by Crippen LogP contribution is -2.34. The predicted octanol–water partition coefficient (Wildman–Crippen LogP) is 0.890. The van der Waals surface area contributed by atoms with Crippen LogP contribution in [-0.2, 0) is 0 Å². The fraction of sp³-hybridized carbons (Fsp3) is 0.875. The summed E-state index contributed by atoms with van der Waals surface area (Å²) in [6, 6.07) is 0. The van der Waals surface area contributed by atoms with E-state index in [4.69, 9.17) is 11.7 Å². The fourth-order valence-corrected chi connectivity index (χ4v) is 0.912. The molecule has 72 valence electrons. The van der Waals surface area contributed by atoms with Crippen molar-refractivity contribution in [2.24, 2.45) is 22.7 Å². The SMILES string of the molecule is CCC(C)CC/C(=N/N)N(C)N. The molecular formula is C8H20N4. The molecule has 0 fully saturated rings. The van der Waals surface area contributed by atoms with Crippen LogP contribution in [0.15, 0.2) is 5.10 Å². The predicted molar refractivity (Wildman–Crippen MR) is 52.3 cm³/mol. The van der Waals surface area contributed by atoms with Crippen LogP contribution in [0.25, 0.3) is 0 Å². The number of hydrogen-bond donors (Lipinski definition) is 2. The number of hydrazine groups is 1. The molecule has 0 amide bonds. The van der Waals surface area contributed by atoms with Crippen LogP contribution in [0.2, 0.25) is 0 Å². The number of amidine groups is 1. The Morgan fingerprint density at radius 1 is 1.58 bits per heavy atom. The van der Waals surface area contributed by atoms with E-state index >= 15 is 0 Å². The smallest absolute Gasteiger partial charge is 0.138 e. The Bertz CT molecular complexity index is 142. The highest BCUT2D eigenvalue weighted by Crippen LogP contribution is 2.09. The first-order valence-electron chi connectivity index (χ1n) is 4.37. The average molecular weight is 172 g/mol. The third-order valence-corrected chi connectivity index (χ3v) is 2.11. The maximum atomic E-state index is 5.50. The van der Waals surface area contributed by atoms with Gasteiger partial charge in [0.15, 0.2) is 0 Å². The summed E-state index contributed by atoms with van der Waals surface area (Å²) in [6.07, 6.45) is 3.14. The van der Waals surface area contributed by atoms with Crippen molar-refractivity contribution in [1.82, 2.24) is 5.01 Å². The van der Waals surface area contributed by atoms with Gasteiger partial charge in [-0.25, -0.2) is 5.84 Å². The van der Waals surface area contributed by atoms with Crippen LogP contribution in [0.1, 0.15) is 33.1 Å². The van der Waals surface area contributed by atoms with E-state index < -0.39 is 0 Å². The van der Waals surface area contributed by atoms with E-state index in [0.29, 0.717) is 5.92 Å². The lowest BCUT2D eigenvalue weighted by molar-refractivity contribution is 0.482. The summed E-state index contributed by atoms with van der Waals surface area (Å²) in [4.78, 5) is 0. The molecule has 0 aromatic rings. The molecule has 0 aliphatic heterocycles. The molecular weight excluding hydrogens is 152 g/mol. The fourth-order valence-electron chi connectivity index (χ4n) is 0.912. The van der Waals surface area contributed by atoms with Crippen LogP contribution in [0.4, 0.5) is 0 Å². The Kier molecular flexibility index (Phi) is 5.45. The molecule has 4 heteroatoms. The Labute approximate surface area is 74.6 Å². The van der Waals surface area contributed by atoms with Crippen molar-refractivity contribution in [2.45, 2.75) is 33.1 Å². The largest absolute Gasteiger partial charge is 0.322 e. The molecule has 1 atom stereocenters. The van der Waals surface area contributed by atoms with Crippen LogP contribution in [0.3, 0.4) is 0 Å². The van der Waals surface area contributed by atoms with Crippen LogP contribution in [0, 0.1) is 5.92 Å². The van der Waals surface area contributed by atoms with Crippen molar-refractivity contribution < 1.29 is 0 Å². The Hall–Kier alpha value is -0.770. The van der Waals surface area contributed by atoms with Crippen molar-refractivity contribution in [2.75, 3.05) is 7.05 Å². The van der Waals surface area contributed by atoms with E-state index in [-0.39, 0.29) is 0 Å². The Morgan fingerprint density at radius 2 is 2.17 bits per heavy atom. The molecule has 0 saturated carbocycles. The number of hydrogen-bond acceptors (Lipinski definition) is 3. The second-order valence-electron chi connectivity index (χ2n) is 3.21. The number of nitrogens with zero attached hydrogens (tertiary/aromatic N) is 2. The average Bonchev–Trinajstić information content (AvgIpc) is 2.04. The van der Waals surface area contributed by atoms with Crippen molar-refractivity contribution in [3.8, 4) is 0 Å². The van der Waals surface area contributed by atoms with Gasteiger partial charge in [0.25, 0.3) is 0 Å². The van der Waals surface area contributed by atoms with E-state index in [0.717, 1.165) is 18.7 Å². The molecule has 0 bridgehead atoms. The lowest BCUT2D eigenvalue weighted by Gasteiger charge is -2.15. The molecule has 0 aromatic heterocycles. The third-order valence-electron chi connectivity index (χ3n) is 2.11. The van der Waals surface area contributed by atoms with Crippen LogP contribution < -0.4 is 11.7 Å². The Morgan fingerprint density at radius 3 is 2.50 bits per heavy atom. The molecule has 0 saturated heterocycles. The maximum Gasteiger partial charge on any atom is 0.138 e. The number of rotatable bonds is 4. The van der Waals surface area contributed by atoms with Gasteiger partial charge in [-0.3, -0.25) is 0 Å². The van der Waals surface area contributed by atoms with Gasteiger partial charge in [-0.1, -0.05) is 20.3 Å². The summed E-state index contributed by atoms with van der Waals surface area (Å²) < 4.78 is 0. The molecule has 0 spiro atoms. The first-order valence-corrected chi connectivity index (χ1v) is 4.37. The van der Waals surface area contributed by atoms with Crippen molar-refractivity contribution >= 4 is 5.84 Å². The lowest BCUT2D eigenvalue weighted by atomic mass is 10.0. The topological polar surface area (TPSA) is 67.6 Å². The summed E-state index contributed by atoms with van der Waals surface area (Å²) in [6.45, 7) is 4.39. The zero-order valence-electron chi connectivity index (χ0n) is 8.25. The summed E-state index contributed by atoms with van der Waals surface area (Å²) in [5.41, 5.74) is 0. The molecule has 0 radical (unpaired) electrons. The number of hydrazone groups is 1. The standard InChI is InChI=1S/C8H20N4/c1-4-7(2)5-6-8(11-9)12(3)10/h7H,4-6,9-10H2,1-3H3/b11-8-. The van der Waals surface area contributed by atoms with E-state index in [2.05, 4.69) is 18.9 Å². The zero-order valence-corrected chi connectivity index (χ0v) is 8.25. The number of nitrogens with two attached hydrogens (primary N) is 2. The highest BCUT2D eigenvalue weighted by molar-refractivity contribution is 5.81. The molecule has 0 rings (SSSR count). The van der Waals surface area contributed by atoms with Gasteiger partial charge in [0, 0.05) is 13.5 Å². The van der Waals surface area contributed by atoms with Crippen LogP contribution in [-0.4, -0.2) is 17.9 Å². The maximum absolute atomic E-state index is 5.50. The third kappa shape index (κ3) is 4.18. The van der Waals surface area contributed by atoms with Gasteiger partial charge >= 0.3 is 0 Å². The van der Waals surface area contributed by atoms with Crippen molar-refractivity contribution in [3.63, 3.8) is 0 Å². The summed E-state index contributed by atoms with van der Waals surface area (Å²) in [7, 11) is 1.75. The molecule has 12 heavy (non-hydrogen) atoms. The van der Waals surface area contributed by atoms with E-state index in [9.17, 15) is 0 Å². The van der Waals surface area contributed by atoms with Crippen molar-refractivity contribution in [1.29, 1.82) is 0 Å². The van der Waals surface area contributed by atoms with Gasteiger partial charge in [0.05, 0.1) is 0 Å². The molecule has 0 aromatic carbocycles. The molecule has 0 aliphatic carbocycles. The van der Waals surface area contributed by atoms with Gasteiger partial charge in [-0.2, -0.15) is 5.10 Å². The highest BCUT2D eigenvalue weighted by Gasteiger charge is 2.05. The molecule has 0 heterocycles. The molecule has 4 nitrogen and oxygen atoms in total. The van der Waals surface area contributed by atoms with Gasteiger partial charge in [-0.15, -0.1) is 0 Å². The van der Waals surface area contributed by atoms with E-state index in [1.807, 2.05) is 0 Å². The molecule has 4 N–H and O–H groups in total.